The number of hydrogen-bond donors (Lipinski definition) is 1. The molecule has 1 amide bonds. The van der Waals surface area contributed by atoms with Crippen molar-refractivity contribution in [3.05, 3.63) is 108 Å². The molecule has 0 unspecified atom stereocenters. The minimum Gasteiger partial charge on any atom is -0.455 e. The third kappa shape index (κ3) is 6.96. The Balaban J connectivity index is 1.27. The van der Waals surface area contributed by atoms with Gasteiger partial charge in [-0.3, -0.25) is 18.8 Å². The fraction of sp³-hybridized carbons (Fsp3) is 0.275. The van der Waals surface area contributed by atoms with Crippen molar-refractivity contribution in [2.45, 2.75) is 33.2 Å². The van der Waals surface area contributed by atoms with Gasteiger partial charge in [-0.25, -0.2) is 12.8 Å². The molecular formula is C40H41FN7O5S+. The van der Waals surface area contributed by atoms with E-state index in [0.717, 1.165) is 21.8 Å². The number of carbonyl (C=O) groups excluding carboxylic acids is 2. The molecule has 1 aliphatic heterocycles. The minimum absolute atomic E-state index is 0.149. The first-order valence-corrected chi connectivity index (χ1v) is 19.6. The number of furan rings is 1. The number of carbonyl (C=O) groups is 2. The summed E-state index contributed by atoms with van der Waals surface area (Å²) in [6.07, 6.45) is 1.23. The lowest BCUT2D eigenvalue weighted by atomic mass is 9.95. The molecule has 0 bridgehead atoms. The van der Waals surface area contributed by atoms with Gasteiger partial charge >= 0.3 is 5.95 Å². The lowest BCUT2D eigenvalue weighted by molar-refractivity contribution is -0.648. The molecule has 3 heterocycles. The van der Waals surface area contributed by atoms with Gasteiger partial charge in [-0.15, -0.1) is 4.68 Å². The number of aryl methyl sites for hydroxylation is 1. The van der Waals surface area contributed by atoms with Crippen molar-refractivity contribution in [1.82, 2.24) is 20.4 Å². The van der Waals surface area contributed by atoms with Crippen LogP contribution < -0.4 is 13.9 Å². The van der Waals surface area contributed by atoms with Crippen LogP contribution in [0.1, 0.15) is 46.5 Å². The van der Waals surface area contributed by atoms with Crippen molar-refractivity contribution in [2.75, 3.05) is 48.3 Å². The molecule has 278 valence electrons. The van der Waals surface area contributed by atoms with Crippen molar-refractivity contribution in [2.24, 2.45) is 0 Å². The quantitative estimate of drug-likeness (QED) is 0.123. The summed E-state index contributed by atoms with van der Waals surface area (Å²) in [7, 11) is -3.96. The van der Waals surface area contributed by atoms with E-state index in [1.54, 1.807) is 52.9 Å². The van der Waals surface area contributed by atoms with Gasteiger partial charge in [0.1, 0.15) is 28.9 Å². The number of aromatic nitrogens is 4. The summed E-state index contributed by atoms with van der Waals surface area (Å²) in [5.74, 6) is 0.662. The summed E-state index contributed by atoms with van der Waals surface area (Å²) in [4.78, 5) is 31.6. The monoisotopic (exact) mass is 750 g/mol. The molecule has 4 aromatic carbocycles. The number of hydrogen-bond acceptors (Lipinski definition) is 8. The number of rotatable bonds is 11. The minimum atomic E-state index is -3.96. The van der Waals surface area contributed by atoms with Gasteiger partial charge in [0.15, 0.2) is 5.78 Å². The van der Waals surface area contributed by atoms with Crippen LogP contribution in [0.2, 0.25) is 0 Å². The van der Waals surface area contributed by atoms with E-state index in [0.29, 0.717) is 64.5 Å². The van der Waals surface area contributed by atoms with E-state index < -0.39 is 23.2 Å². The highest BCUT2D eigenvalue weighted by atomic mass is 32.2. The zero-order valence-electron chi connectivity index (χ0n) is 30.5. The normalized spacial score (nSPS) is 14.8. The topological polar surface area (TPSA) is 137 Å². The van der Waals surface area contributed by atoms with Gasteiger partial charge in [-0.05, 0) is 49.7 Å². The molecule has 54 heavy (non-hydrogen) atoms. The van der Waals surface area contributed by atoms with Crippen molar-refractivity contribution >= 4 is 44.3 Å². The second kappa shape index (κ2) is 14.9. The van der Waals surface area contributed by atoms with E-state index in [-0.39, 0.29) is 35.4 Å². The molecule has 1 aliphatic rings. The van der Waals surface area contributed by atoms with E-state index in [2.05, 4.69) is 20.4 Å². The van der Waals surface area contributed by atoms with Crippen LogP contribution in [0.4, 0.5) is 16.0 Å². The summed E-state index contributed by atoms with van der Waals surface area (Å²) >= 11 is 0. The molecule has 14 heteroatoms. The van der Waals surface area contributed by atoms with Crippen molar-refractivity contribution < 1.29 is 31.5 Å². The molecule has 2 aromatic heterocycles. The number of benzene rings is 4. The van der Waals surface area contributed by atoms with Crippen molar-refractivity contribution in [3.8, 4) is 28.1 Å². The Morgan fingerprint density at radius 2 is 1.76 bits per heavy atom. The zero-order valence-corrected chi connectivity index (χ0v) is 31.3. The molecule has 0 aliphatic carbocycles. The predicted octanol–water partition coefficient (Wildman–Crippen LogP) is 6.15. The Kier molecular flexibility index (Phi) is 10.0. The van der Waals surface area contributed by atoms with Gasteiger partial charge in [-0.1, -0.05) is 72.3 Å². The van der Waals surface area contributed by atoms with E-state index in [4.69, 9.17) is 4.42 Å². The third-order valence-corrected chi connectivity index (χ3v) is 10.9. The Morgan fingerprint density at radius 1 is 1.00 bits per heavy atom. The molecular weight excluding hydrogens is 710 g/mol. The number of alkyl halides is 1. The Hall–Kier alpha value is -5.89. The number of sulfonamides is 1. The molecule has 0 spiro atoms. The maximum atomic E-state index is 14.2. The number of fused-ring (bicyclic) bond motifs is 1. The maximum Gasteiger partial charge on any atom is 0.407 e. The fourth-order valence-electron chi connectivity index (χ4n) is 7.06. The lowest BCUT2D eigenvalue weighted by Gasteiger charge is -2.37. The van der Waals surface area contributed by atoms with Crippen LogP contribution in [-0.4, -0.2) is 85.7 Å². The molecule has 1 fully saturated rings. The van der Waals surface area contributed by atoms with Crippen molar-refractivity contribution in [1.29, 1.82) is 0 Å². The number of para-hydroxylation sites is 1. The van der Waals surface area contributed by atoms with E-state index >= 15 is 0 Å². The Labute approximate surface area is 312 Å². The van der Waals surface area contributed by atoms with E-state index in [1.807, 2.05) is 68.4 Å². The number of nitrogens with zero attached hydrogens (tertiary/aromatic N) is 6. The number of amides is 1. The van der Waals surface area contributed by atoms with Crippen LogP contribution in [0.5, 0.6) is 0 Å². The summed E-state index contributed by atoms with van der Waals surface area (Å²) in [5, 5.41) is 11.8. The molecule has 7 rings (SSSR count). The molecule has 0 radical (unpaired) electrons. The highest BCUT2D eigenvalue weighted by molar-refractivity contribution is 7.92. The number of ketones is 1. The van der Waals surface area contributed by atoms with Crippen LogP contribution in [0.15, 0.2) is 95.4 Å². The first kappa shape index (κ1) is 36.5. The van der Waals surface area contributed by atoms with Gasteiger partial charge in [0.05, 0.1) is 48.3 Å². The molecule has 12 nitrogen and oxygen atoms in total. The summed E-state index contributed by atoms with van der Waals surface area (Å²) in [5.41, 5.74) is 4.78. The Morgan fingerprint density at radius 3 is 2.44 bits per heavy atom. The zero-order chi connectivity index (χ0) is 38.1. The van der Waals surface area contributed by atoms with Crippen molar-refractivity contribution in [3.63, 3.8) is 0 Å². The number of Topliss-reactive ketones (excluding diaryl/α,β-unsaturated/α-hetero) is 1. The largest absolute Gasteiger partial charge is 0.455 e. The Bertz CT molecular complexity index is 2450. The summed E-state index contributed by atoms with van der Waals surface area (Å²) in [6, 6.07) is 27.3. The van der Waals surface area contributed by atoms with E-state index in [9.17, 15) is 22.4 Å². The van der Waals surface area contributed by atoms with Gasteiger partial charge in [-0.2, -0.15) is 0 Å². The summed E-state index contributed by atoms with van der Waals surface area (Å²) < 4.78 is 49.4. The average Bonchev–Trinajstić information content (AvgIpc) is 3.82. The number of aromatic amines is 1. The molecule has 6 aromatic rings. The fourth-order valence-corrected chi connectivity index (χ4v) is 7.96. The van der Waals surface area contributed by atoms with Crippen LogP contribution in [0.3, 0.4) is 0 Å². The van der Waals surface area contributed by atoms with Crippen LogP contribution in [-0.2, 0) is 10.0 Å². The van der Waals surface area contributed by atoms with Crippen LogP contribution in [0.25, 0.3) is 39.1 Å². The first-order valence-electron chi connectivity index (χ1n) is 17.8. The smallest absolute Gasteiger partial charge is 0.407 e. The number of H-pyrrole nitrogens is 1. The predicted molar refractivity (Wildman–Crippen MR) is 205 cm³/mol. The van der Waals surface area contributed by atoms with Gasteiger partial charge in [0.2, 0.25) is 10.0 Å². The second-order valence-electron chi connectivity index (χ2n) is 13.5. The highest BCUT2D eigenvalue weighted by Gasteiger charge is 2.35. The van der Waals surface area contributed by atoms with Crippen LogP contribution in [0, 0.1) is 6.92 Å². The molecule has 1 atom stereocenters. The van der Waals surface area contributed by atoms with Gasteiger partial charge in [0, 0.05) is 41.1 Å². The number of halogens is 1. The summed E-state index contributed by atoms with van der Waals surface area (Å²) in [6.45, 7) is 5.79. The number of anilines is 2. The first-order chi connectivity index (χ1) is 26.0. The van der Waals surface area contributed by atoms with Crippen LogP contribution >= 0.6 is 0 Å². The molecule has 1 saturated heterocycles. The number of piperazine rings is 1. The second-order valence-corrected chi connectivity index (χ2v) is 15.4. The lowest BCUT2D eigenvalue weighted by Crippen LogP contribution is -2.56. The third-order valence-electron chi connectivity index (χ3n) is 9.77. The molecule has 0 saturated carbocycles. The standard InChI is InChI=1S/C40H40FN7O5S/c1-5-35(49)37-33-23-32(34(47(19-18-41)54(4,51)52)24-36(33)53-38(37)28-16-14-26(2)15-17-28)29-10-9-11-30(22-29)39(50)46-21-20-45(25-27(46)3)40-42-43-44-48(40)31-12-7-6-8-13-31/h6-17,22-24,27H,5,18-21,25H2,1-4H3/p+1/t27-/m0/s1. The SMILES string of the molecule is CCC(=O)c1c(-c2ccc(C)cc2)oc2cc(N(CCF)S(C)(=O)=O)c(-c3cccc(C(=O)N4CCN(c5nn[nH][n+]5-c5ccccc5)C[C@@H]4C)c3)cc12. The highest BCUT2D eigenvalue weighted by Crippen LogP contribution is 2.42. The number of nitrogens with one attached hydrogen (secondary N) is 1. The van der Waals surface area contributed by atoms with Gasteiger partial charge in [0.25, 0.3) is 5.91 Å². The molecule has 1 N–H and O–H groups in total. The van der Waals surface area contributed by atoms with Gasteiger partial charge < -0.3 is 9.32 Å². The van der Waals surface area contributed by atoms with E-state index in [1.165, 1.54) is 0 Å². The maximum absolute atomic E-state index is 14.2. The number of tetrazole rings is 1. The average molecular weight is 751 g/mol.